The summed E-state index contributed by atoms with van der Waals surface area (Å²) in [6.45, 7) is 2.30. The van der Waals surface area contributed by atoms with Gasteiger partial charge in [0, 0.05) is 36.7 Å². The van der Waals surface area contributed by atoms with Crippen molar-refractivity contribution < 1.29 is 18.4 Å². The first kappa shape index (κ1) is 20.7. The lowest BCUT2D eigenvalue weighted by atomic mass is 10.0. The van der Waals surface area contributed by atoms with E-state index in [0.29, 0.717) is 23.5 Å². The van der Waals surface area contributed by atoms with Gasteiger partial charge in [-0.1, -0.05) is 18.2 Å². The Morgan fingerprint density at radius 3 is 2.97 bits per heavy atom. The number of hydrogen-bond acceptors (Lipinski definition) is 5. The quantitative estimate of drug-likeness (QED) is 0.630. The smallest absolute Gasteiger partial charge is 0.246 e. The van der Waals surface area contributed by atoms with Gasteiger partial charge in [-0.15, -0.1) is 0 Å². The predicted octanol–water partition coefficient (Wildman–Crippen LogP) is 2.97. The van der Waals surface area contributed by atoms with Crippen molar-refractivity contribution in [1.82, 2.24) is 9.88 Å². The van der Waals surface area contributed by atoms with Crippen LogP contribution in [0.5, 0.6) is 0 Å². The van der Waals surface area contributed by atoms with Crippen molar-refractivity contribution >= 4 is 34.7 Å². The van der Waals surface area contributed by atoms with E-state index in [2.05, 4.69) is 10.3 Å². The molecule has 0 saturated carbocycles. The summed E-state index contributed by atoms with van der Waals surface area (Å²) < 4.78 is 20.0. The molecule has 1 aromatic carbocycles. The van der Waals surface area contributed by atoms with Crippen molar-refractivity contribution in [3.05, 3.63) is 65.1 Å². The van der Waals surface area contributed by atoms with E-state index in [1.165, 1.54) is 12.3 Å². The number of para-hydroxylation sites is 1. The maximum atomic E-state index is 14.1. The first-order chi connectivity index (χ1) is 14.8. The Morgan fingerprint density at radius 1 is 1.42 bits per heavy atom. The summed E-state index contributed by atoms with van der Waals surface area (Å²) in [5.41, 5.74) is 8.54. The second-order valence-electron chi connectivity index (χ2n) is 7.69. The van der Waals surface area contributed by atoms with Crippen molar-refractivity contribution in [3.63, 3.8) is 0 Å². The molecule has 3 aromatic rings. The lowest BCUT2D eigenvalue weighted by Crippen LogP contribution is -2.42. The summed E-state index contributed by atoms with van der Waals surface area (Å²) in [5.74, 6) is 0.216. The molecule has 0 fully saturated rings. The van der Waals surface area contributed by atoms with Crippen molar-refractivity contribution in [1.29, 1.82) is 0 Å². The second kappa shape index (κ2) is 8.31. The molecular formula is C23H23FN4O3. The minimum Gasteiger partial charge on any atom is -0.459 e. The standard InChI is InChI=1S/C23H23FN4O3/c1-13-16-5-3-4-6-18(16)31-19(13)12-28(2)20(29)8-7-14-9-15-10-17(24)21(25)23(30)27-22(15)26-11-14/h3-9,11,17,21H,10,12,25H2,1-2H3,(H,26,27,30)/b8-7+. The van der Waals surface area contributed by atoms with Crippen LogP contribution >= 0.6 is 0 Å². The minimum absolute atomic E-state index is 0.0247. The molecule has 3 N–H and O–H groups in total. The number of nitrogens with two attached hydrogens (primary N) is 1. The summed E-state index contributed by atoms with van der Waals surface area (Å²) in [6.07, 6.45) is 3.02. The highest BCUT2D eigenvalue weighted by Gasteiger charge is 2.30. The average molecular weight is 422 g/mol. The van der Waals surface area contributed by atoms with E-state index in [1.54, 1.807) is 24.1 Å². The molecule has 0 radical (unpaired) electrons. The van der Waals surface area contributed by atoms with Gasteiger partial charge in [-0.2, -0.15) is 0 Å². The molecule has 0 aliphatic carbocycles. The Labute approximate surface area is 178 Å². The number of carbonyl (C=O) groups excluding carboxylic acids is 2. The van der Waals surface area contributed by atoms with E-state index in [4.69, 9.17) is 10.2 Å². The molecule has 3 heterocycles. The Balaban J connectivity index is 1.47. The maximum Gasteiger partial charge on any atom is 0.246 e. The fraction of sp³-hybridized carbons (Fsp3) is 0.261. The summed E-state index contributed by atoms with van der Waals surface area (Å²) in [4.78, 5) is 30.1. The molecule has 2 aromatic heterocycles. The van der Waals surface area contributed by atoms with Crippen molar-refractivity contribution in [2.75, 3.05) is 12.4 Å². The number of benzene rings is 1. The first-order valence-electron chi connectivity index (χ1n) is 9.93. The van der Waals surface area contributed by atoms with Crippen molar-refractivity contribution in [2.24, 2.45) is 5.73 Å². The zero-order valence-corrected chi connectivity index (χ0v) is 17.3. The van der Waals surface area contributed by atoms with E-state index in [1.807, 2.05) is 31.2 Å². The fourth-order valence-corrected chi connectivity index (χ4v) is 3.55. The number of aromatic nitrogens is 1. The number of pyridine rings is 1. The van der Waals surface area contributed by atoms with E-state index in [-0.39, 0.29) is 12.3 Å². The number of rotatable bonds is 4. The molecule has 7 nitrogen and oxygen atoms in total. The van der Waals surface area contributed by atoms with Crippen molar-refractivity contribution in [2.45, 2.75) is 32.1 Å². The molecule has 1 aliphatic rings. The zero-order valence-electron chi connectivity index (χ0n) is 17.3. The molecule has 160 valence electrons. The van der Waals surface area contributed by atoms with Gasteiger partial charge in [0.1, 0.15) is 29.4 Å². The molecular weight excluding hydrogens is 399 g/mol. The van der Waals surface area contributed by atoms with Crippen LogP contribution in [0.1, 0.15) is 22.5 Å². The number of amides is 2. The predicted molar refractivity (Wildman–Crippen MR) is 116 cm³/mol. The molecule has 4 rings (SSSR count). The Morgan fingerprint density at radius 2 is 2.19 bits per heavy atom. The molecule has 2 atom stereocenters. The molecule has 0 saturated heterocycles. The molecule has 2 amide bonds. The highest BCUT2D eigenvalue weighted by atomic mass is 19.1. The number of hydrogen-bond donors (Lipinski definition) is 2. The molecule has 1 aliphatic heterocycles. The minimum atomic E-state index is -1.50. The number of furan rings is 1. The molecule has 2 unspecified atom stereocenters. The Kier molecular flexibility index (Phi) is 5.56. The van der Waals surface area contributed by atoms with Crippen LogP contribution in [-0.2, 0) is 22.6 Å². The third kappa shape index (κ3) is 4.20. The van der Waals surface area contributed by atoms with Crippen molar-refractivity contribution in [3.8, 4) is 0 Å². The van der Waals surface area contributed by atoms with Crippen LogP contribution in [-0.4, -0.2) is 41.0 Å². The number of likely N-dealkylation sites (N-methyl/N-ethyl adjacent to an activating group) is 1. The van der Waals surface area contributed by atoms with Crippen LogP contribution < -0.4 is 11.1 Å². The Hall–Kier alpha value is -3.52. The topological polar surface area (TPSA) is 101 Å². The van der Waals surface area contributed by atoms with Gasteiger partial charge in [-0.3, -0.25) is 9.59 Å². The van der Waals surface area contributed by atoms with Crippen LogP contribution in [0.15, 0.2) is 47.0 Å². The lowest BCUT2D eigenvalue weighted by molar-refractivity contribution is -0.125. The van der Waals surface area contributed by atoms with Crippen LogP contribution in [0, 0.1) is 6.92 Å². The number of aryl methyl sites for hydroxylation is 1. The van der Waals surface area contributed by atoms with Gasteiger partial charge in [0.25, 0.3) is 0 Å². The van der Waals surface area contributed by atoms with Crippen LogP contribution in [0.2, 0.25) is 0 Å². The average Bonchev–Trinajstić information content (AvgIpc) is 3.02. The molecule has 0 bridgehead atoms. The number of carbonyl (C=O) groups is 2. The lowest BCUT2D eigenvalue weighted by Gasteiger charge is -2.14. The van der Waals surface area contributed by atoms with Crippen LogP contribution in [0.4, 0.5) is 10.2 Å². The third-order valence-electron chi connectivity index (χ3n) is 5.45. The summed E-state index contributed by atoms with van der Waals surface area (Å²) >= 11 is 0. The SMILES string of the molecule is Cc1c(CN(C)C(=O)/C=C/c2cnc3c(c2)CC(F)C(N)C(=O)N3)oc2ccccc12. The number of fused-ring (bicyclic) bond motifs is 2. The highest BCUT2D eigenvalue weighted by Crippen LogP contribution is 2.26. The van der Waals surface area contributed by atoms with Gasteiger partial charge in [-0.25, -0.2) is 9.37 Å². The summed E-state index contributed by atoms with van der Waals surface area (Å²) in [6, 6.07) is 8.21. The van der Waals surface area contributed by atoms with Gasteiger partial charge < -0.3 is 20.4 Å². The monoisotopic (exact) mass is 422 g/mol. The van der Waals surface area contributed by atoms with Gasteiger partial charge in [0.15, 0.2) is 0 Å². The largest absolute Gasteiger partial charge is 0.459 e. The first-order valence-corrected chi connectivity index (χ1v) is 9.93. The fourth-order valence-electron chi connectivity index (χ4n) is 3.55. The normalized spacial score (nSPS) is 18.6. The Bertz CT molecular complexity index is 1190. The van der Waals surface area contributed by atoms with Gasteiger partial charge in [0.05, 0.1) is 6.54 Å². The number of alkyl halides is 1. The highest BCUT2D eigenvalue weighted by molar-refractivity contribution is 5.96. The van der Waals surface area contributed by atoms with E-state index in [0.717, 1.165) is 22.3 Å². The molecule has 0 spiro atoms. The molecule has 31 heavy (non-hydrogen) atoms. The zero-order chi connectivity index (χ0) is 22.1. The van der Waals surface area contributed by atoms with Gasteiger partial charge in [-0.05, 0) is 36.3 Å². The van der Waals surface area contributed by atoms with E-state index in [9.17, 15) is 14.0 Å². The van der Waals surface area contributed by atoms with Crippen LogP contribution in [0.25, 0.3) is 17.0 Å². The third-order valence-corrected chi connectivity index (χ3v) is 5.45. The molecule has 8 heteroatoms. The van der Waals surface area contributed by atoms with Crippen LogP contribution in [0.3, 0.4) is 0 Å². The van der Waals surface area contributed by atoms with E-state index < -0.39 is 18.1 Å². The number of anilines is 1. The van der Waals surface area contributed by atoms with Gasteiger partial charge in [0.2, 0.25) is 11.8 Å². The number of nitrogens with zero attached hydrogens (tertiary/aromatic N) is 2. The van der Waals surface area contributed by atoms with E-state index >= 15 is 0 Å². The maximum absolute atomic E-state index is 14.1. The summed E-state index contributed by atoms with van der Waals surface area (Å²) in [7, 11) is 1.69. The second-order valence-corrected chi connectivity index (χ2v) is 7.69. The number of nitrogens with one attached hydrogen (secondary N) is 1. The summed E-state index contributed by atoms with van der Waals surface area (Å²) in [5, 5.41) is 3.56. The number of halogens is 1. The van der Waals surface area contributed by atoms with Gasteiger partial charge >= 0.3 is 0 Å².